The summed E-state index contributed by atoms with van der Waals surface area (Å²) in [5, 5.41) is 0.970. The van der Waals surface area contributed by atoms with Gasteiger partial charge in [0.05, 0.1) is 5.52 Å². The van der Waals surface area contributed by atoms with Gasteiger partial charge in [-0.1, -0.05) is 6.07 Å². The van der Waals surface area contributed by atoms with Crippen LogP contribution in [0, 0.1) is 0 Å². The van der Waals surface area contributed by atoms with Crippen molar-refractivity contribution in [3.05, 3.63) is 54.5 Å². The van der Waals surface area contributed by atoms with Crippen molar-refractivity contribution < 1.29 is 4.79 Å². The number of benzene rings is 1. The molecule has 2 aliphatic heterocycles. The minimum Gasteiger partial charge on any atom is -0.356 e. The maximum absolute atomic E-state index is 13.2. The van der Waals surface area contributed by atoms with E-state index in [2.05, 4.69) is 24.8 Å². The molecular weight excluding hydrogens is 376 g/mol. The van der Waals surface area contributed by atoms with Gasteiger partial charge in [-0.2, -0.15) is 0 Å². The van der Waals surface area contributed by atoms with E-state index in [1.54, 1.807) is 6.33 Å². The predicted octanol–water partition coefficient (Wildman–Crippen LogP) is 2.98. The smallest absolute Gasteiger partial charge is 0.254 e. The molecule has 0 bridgehead atoms. The van der Waals surface area contributed by atoms with Gasteiger partial charge < -0.3 is 14.7 Å². The van der Waals surface area contributed by atoms with Gasteiger partial charge in [0.15, 0.2) is 0 Å². The molecule has 7 heteroatoms. The second kappa shape index (κ2) is 8.26. The number of amides is 1. The molecule has 4 heterocycles. The van der Waals surface area contributed by atoms with Crippen molar-refractivity contribution in [2.45, 2.75) is 19.3 Å². The van der Waals surface area contributed by atoms with E-state index in [-0.39, 0.29) is 5.91 Å². The topological polar surface area (TPSA) is 65.5 Å². The highest BCUT2D eigenvalue weighted by Crippen LogP contribution is 2.27. The Bertz CT molecular complexity index is 1030. The molecule has 2 saturated heterocycles. The number of aromatic nitrogens is 3. The summed E-state index contributed by atoms with van der Waals surface area (Å²) in [5.41, 5.74) is 1.60. The van der Waals surface area contributed by atoms with E-state index >= 15 is 0 Å². The number of fused-ring (bicyclic) bond motifs is 1. The Hall–Kier alpha value is -3.22. The molecule has 0 N–H and O–H groups in total. The minimum atomic E-state index is 0.0750. The van der Waals surface area contributed by atoms with Crippen LogP contribution in [0.1, 0.15) is 29.6 Å². The van der Waals surface area contributed by atoms with Crippen LogP contribution in [0.3, 0.4) is 0 Å². The van der Waals surface area contributed by atoms with E-state index in [9.17, 15) is 4.79 Å². The van der Waals surface area contributed by atoms with Crippen LogP contribution >= 0.6 is 0 Å². The van der Waals surface area contributed by atoms with Crippen LogP contribution in [0.25, 0.3) is 10.9 Å². The third kappa shape index (κ3) is 3.67. The molecule has 30 heavy (non-hydrogen) atoms. The number of piperazine rings is 1. The fourth-order valence-corrected chi connectivity index (χ4v) is 4.40. The van der Waals surface area contributed by atoms with Gasteiger partial charge in [0.1, 0.15) is 18.0 Å². The Kier molecular flexibility index (Phi) is 5.17. The first-order valence-electron chi connectivity index (χ1n) is 10.7. The summed E-state index contributed by atoms with van der Waals surface area (Å²) in [6.45, 7) is 4.99. The van der Waals surface area contributed by atoms with Gasteiger partial charge >= 0.3 is 0 Å². The minimum absolute atomic E-state index is 0.0750. The summed E-state index contributed by atoms with van der Waals surface area (Å²) in [7, 11) is 0. The maximum atomic E-state index is 13.2. The standard InChI is InChI=1S/C23H26N6O/c30-23(29-14-12-27(13-15-29)21-6-2-3-9-24-21)18-7-8-20-19(16-18)22(26-17-25-20)28-10-4-1-5-11-28/h2-3,6-9,16-17H,1,4-5,10-15H2. The quantitative estimate of drug-likeness (QED) is 0.671. The van der Waals surface area contributed by atoms with Crippen LogP contribution in [0.15, 0.2) is 48.9 Å². The third-order valence-corrected chi connectivity index (χ3v) is 6.06. The molecule has 5 rings (SSSR count). The number of rotatable bonds is 3. The van der Waals surface area contributed by atoms with Crippen molar-refractivity contribution in [2.24, 2.45) is 0 Å². The van der Waals surface area contributed by atoms with Crippen LogP contribution in [0.5, 0.6) is 0 Å². The first-order chi connectivity index (χ1) is 14.8. The average Bonchev–Trinajstić information content (AvgIpc) is 2.84. The lowest BCUT2D eigenvalue weighted by molar-refractivity contribution is 0.0746. The third-order valence-electron chi connectivity index (χ3n) is 6.06. The van der Waals surface area contributed by atoms with Gasteiger partial charge in [-0.3, -0.25) is 4.79 Å². The van der Waals surface area contributed by atoms with Gasteiger partial charge in [0, 0.05) is 56.4 Å². The molecule has 2 fully saturated rings. The molecule has 1 aromatic carbocycles. The Morgan fingerprint density at radius 1 is 0.800 bits per heavy atom. The van der Waals surface area contributed by atoms with Gasteiger partial charge in [-0.05, 0) is 49.6 Å². The van der Waals surface area contributed by atoms with Gasteiger partial charge in [0.25, 0.3) is 5.91 Å². The average molecular weight is 403 g/mol. The highest BCUT2D eigenvalue weighted by Gasteiger charge is 2.24. The van der Waals surface area contributed by atoms with Crippen LogP contribution in [-0.4, -0.2) is 65.0 Å². The Labute approximate surface area is 176 Å². The second-order valence-electron chi connectivity index (χ2n) is 7.94. The zero-order valence-corrected chi connectivity index (χ0v) is 17.1. The largest absolute Gasteiger partial charge is 0.356 e. The lowest BCUT2D eigenvalue weighted by Gasteiger charge is -2.35. The molecule has 0 spiro atoms. The number of piperidine rings is 1. The van der Waals surface area contributed by atoms with Gasteiger partial charge in [-0.25, -0.2) is 15.0 Å². The molecule has 0 unspecified atom stereocenters. The lowest BCUT2D eigenvalue weighted by Crippen LogP contribution is -2.49. The molecule has 0 atom stereocenters. The molecule has 2 aromatic heterocycles. The summed E-state index contributed by atoms with van der Waals surface area (Å²) in [6.07, 6.45) is 7.08. The SMILES string of the molecule is O=C(c1ccc2ncnc(N3CCCCC3)c2c1)N1CCN(c2ccccn2)CC1. The van der Waals surface area contributed by atoms with Crippen LogP contribution in [-0.2, 0) is 0 Å². The second-order valence-corrected chi connectivity index (χ2v) is 7.94. The fraction of sp³-hybridized carbons (Fsp3) is 0.391. The van der Waals surface area contributed by atoms with Crippen molar-refractivity contribution in [1.29, 1.82) is 0 Å². The number of nitrogens with zero attached hydrogens (tertiary/aromatic N) is 6. The number of pyridine rings is 1. The molecule has 154 valence electrons. The van der Waals surface area contributed by atoms with Crippen LogP contribution < -0.4 is 9.80 Å². The summed E-state index contributed by atoms with van der Waals surface area (Å²) in [5.74, 6) is 2.00. The summed E-state index contributed by atoms with van der Waals surface area (Å²) in [4.78, 5) is 33.1. The molecule has 3 aromatic rings. The monoisotopic (exact) mass is 402 g/mol. The summed E-state index contributed by atoms with van der Waals surface area (Å²) in [6, 6.07) is 11.8. The van der Waals surface area contributed by atoms with E-state index in [4.69, 9.17) is 0 Å². The van der Waals surface area contributed by atoms with Gasteiger partial charge in [-0.15, -0.1) is 0 Å². The molecule has 0 aliphatic carbocycles. The first kappa shape index (κ1) is 18.8. The number of carbonyl (C=O) groups is 1. The van der Waals surface area contributed by atoms with E-state index in [1.165, 1.54) is 19.3 Å². The summed E-state index contributed by atoms with van der Waals surface area (Å²) < 4.78 is 0. The zero-order valence-electron chi connectivity index (χ0n) is 17.1. The van der Waals surface area contributed by atoms with E-state index < -0.39 is 0 Å². The van der Waals surface area contributed by atoms with Crippen LogP contribution in [0.2, 0.25) is 0 Å². The molecule has 0 radical (unpaired) electrons. The van der Waals surface area contributed by atoms with E-state index in [0.29, 0.717) is 18.7 Å². The van der Waals surface area contributed by atoms with Crippen molar-refractivity contribution in [3.63, 3.8) is 0 Å². The number of hydrogen-bond acceptors (Lipinski definition) is 6. The lowest BCUT2D eigenvalue weighted by atomic mass is 10.1. The van der Waals surface area contributed by atoms with Crippen molar-refractivity contribution >= 4 is 28.4 Å². The maximum Gasteiger partial charge on any atom is 0.254 e. The van der Waals surface area contributed by atoms with E-state index in [0.717, 1.165) is 48.7 Å². The molecule has 2 aliphatic rings. The number of hydrogen-bond donors (Lipinski definition) is 0. The van der Waals surface area contributed by atoms with E-state index in [1.807, 2.05) is 47.5 Å². The number of carbonyl (C=O) groups excluding carboxylic acids is 1. The van der Waals surface area contributed by atoms with Crippen LogP contribution in [0.4, 0.5) is 11.6 Å². The Balaban J connectivity index is 1.35. The zero-order chi connectivity index (χ0) is 20.3. The number of anilines is 2. The highest BCUT2D eigenvalue weighted by molar-refractivity contribution is 6.00. The van der Waals surface area contributed by atoms with Crippen molar-refractivity contribution in [1.82, 2.24) is 19.9 Å². The van der Waals surface area contributed by atoms with Gasteiger partial charge in [0.2, 0.25) is 0 Å². The molecule has 0 saturated carbocycles. The van der Waals surface area contributed by atoms with Crippen molar-refractivity contribution in [3.8, 4) is 0 Å². The highest BCUT2D eigenvalue weighted by atomic mass is 16.2. The Morgan fingerprint density at radius 2 is 1.63 bits per heavy atom. The first-order valence-corrected chi connectivity index (χ1v) is 10.7. The van der Waals surface area contributed by atoms with Crippen molar-refractivity contribution in [2.75, 3.05) is 49.1 Å². The summed E-state index contributed by atoms with van der Waals surface area (Å²) >= 11 is 0. The Morgan fingerprint density at radius 3 is 2.40 bits per heavy atom. The molecule has 7 nitrogen and oxygen atoms in total. The molecular formula is C23H26N6O. The normalized spacial score (nSPS) is 17.4. The molecule has 1 amide bonds. The predicted molar refractivity (Wildman–Crippen MR) is 118 cm³/mol. The fourth-order valence-electron chi connectivity index (χ4n) is 4.40.